The number of rotatable bonds is 4. The van der Waals surface area contributed by atoms with Crippen molar-refractivity contribution < 1.29 is 13.9 Å². The summed E-state index contributed by atoms with van der Waals surface area (Å²) in [6.45, 7) is 2.68. The number of aryl methyl sites for hydroxylation is 1. The van der Waals surface area contributed by atoms with Crippen LogP contribution in [0.25, 0.3) is 0 Å². The van der Waals surface area contributed by atoms with Crippen molar-refractivity contribution in [2.24, 2.45) is 5.73 Å². The number of nitrogens with two attached hydrogens (primary N) is 1. The average Bonchev–Trinajstić information content (AvgIpc) is 2.62. The van der Waals surface area contributed by atoms with Crippen molar-refractivity contribution in [3.05, 3.63) is 50.1 Å². The van der Waals surface area contributed by atoms with Gasteiger partial charge in [0, 0.05) is 11.0 Å². The van der Waals surface area contributed by atoms with Crippen LogP contribution in [0.4, 0.5) is 15.1 Å². The molecule has 144 valence electrons. The number of nitrogens with zero attached hydrogens (tertiary/aromatic N) is 4. The molecule has 0 aliphatic carbocycles. The SMILES string of the molecule is Cc1nnc(N2CCCC(OC(N)=O)C2)n(Cc2cc(F)ccc2Br)c1=O. The van der Waals surface area contributed by atoms with Crippen LogP contribution in [0.15, 0.2) is 27.5 Å². The van der Waals surface area contributed by atoms with Gasteiger partial charge in [-0.15, -0.1) is 10.2 Å². The van der Waals surface area contributed by atoms with Crippen molar-refractivity contribution in [2.75, 3.05) is 18.0 Å². The average molecular weight is 440 g/mol. The molecule has 1 atom stereocenters. The number of primary amides is 1. The summed E-state index contributed by atoms with van der Waals surface area (Å²) in [6.07, 6.45) is 0.200. The summed E-state index contributed by atoms with van der Waals surface area (Å²) in [6, 6.07) is 4.30. The second kappa shape index (κ2) is 8.03. The summed E-state index contributed by atoms with van der Waals surface area (Å²) in [7, 11) is 0. The molecule has 2 aromatic rings. The van der Waals surface area contributed by atoms with Crippen LogP contribution in [0.1, 0.15) is 24.1 Å². The Kier molecular flexibility index (Phi) is 5.73. The van der Waals surface area contributed by atoms with Crippen LogP contribution >= 0.6 is 15.9 Å². The summed E-state index contributed by atoms with van der Waals surface area (Å²) < 4.78 is 20.9. The zero-order valence-corrected chi connectivity index (χ0v) is 16.3. The third-order valence-corrected chi connectivity index (χ3v) is 5.14. The van der Waals surface area contributed by atoms with Gasteiger partial charge < -0.3 is 15.4 Å². The fourth-order valence-corrected chi connectivity index (χ4v) is 3.47. The van der Waals surface area contributed by atoms with Crippen molar-refractivity contribution in [2.45, 2.75) is 32.4 Å². The zero-order chi connectivity index (χ0) is 19.6. The van der Waals surface area contributed by atoms with Crippen LogP contribution in [0, 0.1) is 12.7 Å². The van der Waals surface area contributed by atoms with Crippen molar-refractivity contribution in [3.63, 3.8) is 0 Å². The first kappa shape index (κ1) is 19.3. The van der Waals surface area contributed by atoms with E-state index in [0.717, 1.165) is 6.42 Å². The van der Waals surface area contributed by atoms with Gasteiger partial charge in [-0.3, -0.25) is 9.36 Å². The number of anilines is 1. The van der Waals surface area contributed by atoms with E-state index >= 15 is 0 Å². The Morgan fingerprint density at radius 1 is 1.44 bits per heavy atom. The van der Waals surface area contributed by atoms with E-state index < -0.39 is 11.9 Å². The maximum absolute atomic E-state index is 13.7. The number of carbonyl (C=O) groups excluding carboxylic acids is 1. The van der Waals surface area contributed by atoms with Crippen molar-refractivity contribution in [3.8, 4) is 0 Å². The first-order valence-corrected chi connectivity index (χ1v) is 9.23. The molecule has 3 rings (SSSR count). The Balaban J connectivity index is 1.96. The Labute approximate surface area is 163 Å². The van der Waals surface area contributed by atoms with E-state index in [9.17, 15) is 14.0 Å². The van der Waals surface area contributed by atoms with E-state index in [0.29, 0.717) is 35.5 Å². The Bertz CT molecular complexity index is 920. The standard InChI is InChI=1S/C17H19BrFN5O3/c1-10-15(25)24(8-11-7-12(19)4-5-14(11)18)17(22-21-10)23-6-2-3-13(9-23)27-16(20)26/h4-5,7,13H,2-3,6,8-9H2,1H3,(H2,20,26). The van der Waals surface area contributed by atoms with Gasteiger partial charge in [0.15, 0.2) is 0 Å². The van der Waals surface area contributed by atoms with E-state index in [2.05, 4.69) is 26.1 Å². The quantitative estimate of drug-likeness (QED) is 0.780. The number of halogens is 2. The molecule has 0 spiro atoms. The minimum atomic E-state index is -0.835. The summed E-state index contributed by atoms with van der Waals surface area (Å²) in [5.41, 5.74) is 5.65. The third-order valence-electron chi connectivity index (χ3n) is 4.37. The molecule has 0 bridgehead atoms. The van der Waals surface area contributed by atoms with Gasteiger partial charge in [0.2, 0.25) is 5.95 Å². The molecule has 1 amide bonds. The summed E-state index contributed by atoms with van der Waals surface area (Å²) in [4.78, 5) is 25.6. The predicted molar refractivity (Wildman–Crippen MR) is 100 cm³/mol. The molecule has 27 heavy (non-hydrogen) atoms. The second-order valence-electron chi connectivity index (χ2n) is 6.36. The monoisotopic (exact) mass is 439 g/mol. The van der Waals surface area contributed by atoms with Crippen LogP contribution in [-0.2, 0) is 11.3 Å². The van der Waals surface area contributed by atoms with Gasteiger partial charge in [-0.1, -0.05) is 15.9 Å². The topological polar surface area (TPSA) is 103 Å². The molecule has 8 nitrogen and oxygen atoms in total. The first-order valence-electron chi connectivity index (χ1n) is 8.44. The van der Waals surface area contributed by atoms with Crippen LogP contribution in [0.5, 0.6) is 0 Å². The molecule has 1 aliphatic heterocycles. The van der Waals surface area contributed by atoms with Gasteiger partial charge in [-0.2, -0.15) is 0 Å². The maximum Gasteiger partial charge on any atom is 0.404 e. The molecule has 10 heteroatoms. The van der Waals surface area contributed by atoms with E-state index in [4.69, 9.17) is 10.5 Å². The van der Waals surface area contributed by atoms with Gasteiger partial charge in [0.05, 0.1) is 13.1 Å². The van der Waals surface area contributed by atoms with Gasteiger partial charge in [-0.25, -0.2) is 9.18 Å². The van der Waals surface area contributed by atoms with E-state index in [1.165, 1.54) is 16.7 Å². The molecule has 0 radical (unpaired) electrons. The number of piperidine rings is 1. The third kappa shape index (κ3) is 4.44. The van der Waals surface area contributed by atoms with E-state index in [1.807, 2.05) is 4.90 Å². The van der Waals surface area contributed by atoms with Crippen molar-refractivity contribution >= 4 is 28.0 Å². The minimum absolute atomic E-state index is 0.126. The van der Waals surface area contributed by atoms with Crippen LogP contribution < -0.4 is 16.2 Å². The highest BCUT2D eigenvalue weighted by Gasteiger charge is 2.26. The molecule has 1 aromatic heterocycles. The number of amides is 1. The Morgan fingerprint density at radius 2 is 2.22 bits per heavy atom. The van der Waals surface area contributed by atoms with Gasteiger partial charge in [-0.05, 0) is 43.5 Å². The van der Waals surface area contributed by atoms with Crippen LogP contribution in [0.3, 0.4) is 0 Å². The summed E-state index contributed by atoms with van der Waals surface area (Å²) in [5, 5.41) is 8.12. The lowest BCUT2D eigenvalue weighted by Crippen LogP contribution is -2.44. The number of ether oxygens (including phenoxy) is 1. The van der Waals surface area contributed by atoms with Gasteiger partial charge in [0.1, 0.15) is 17.6 Å². The highest BCUT2D eigenvalue weighted by atomic mass is 79.9. The summed E-state index contributed by atoms with van der Waals surface area (Å²) >= 11 is 3.39. The number of hydrogen-bond acceptors (Lipinski definition) is 6. The molecular weight excluding hydrogens is 421 g/mol. The van der Waals surface area contributed by atoms with Crippen molar-refractivity contribution in [1.29, 1.82) is 0 Å². The summed E-state index contributed by atoms with van der Waals surface area (Å²) in [5.74, 6) is -0.0473. The highest BCUT2D eigenvalue weighted by Crippen LogP contribution is 2.22. The molecule has 0 saturated carbocycles. The fourth-order valence-electron chi connectivity index (χ4n) is 3.09. The Hall–Kier alpha value is -2.49. The fraction of sp³-hybridized carbons (Fsp3) is 0.412. The molecular formula is C17H19BrFN5O3. The molecule has 1 saturated heterocycles. The smallest absolute Gasteiger partial charge is 0.404 e. The normalized spacial score (nSPS) is 17.0. The Morgan fingerprint density at radius 3 is 2.96 bits per heavy atom. The van der Waals surface area contributed by atoms with Crippen LogP contribution in [0.2, 0.25) is 0 Å². The number of carbonyl (C=O) groups is 1. The first-order chi connectivity index (χ1) is 12.8. The maximum atomic E-state index is 13.7. The predicted octanol–water partition coefficient (Wildman–Crippen LogP) is 1.96. The molecule has 1 unspecified atom stereocenters. The molecule has 1 aliphatic rings. The number of benzene rings is 1. The van der Waals surface area contributed by atoms with Gasteiger partial charge >= 0.3 is 6.09 Å². The second-order valence-corrected chi connectivity index (χ2v) is 7.21. The van der Waals surface area contributed by atoms with E-state index in [1.54, 1.807) is 13.0 Å². The van der Waals surface area contributed by atoms with Crippen LogP contribution in [-0.4, -0.2) is 40.1 Å². The highest BCUT2D eigenvalue weighted by molar-refractivity contribution is 9.10. The van der Waals surface area contributed by atoms with Crippen molar-refractivity contribution in [1.82, 2.24) is 14.8 Å². The van der Waals surface area contributed by atoms with E-state index in [-0.39, 0.29) is 23.9 Å². The van der Waals surface area contributed by atoms with Gasteiger partial charge in [0.25, 0.3) is 5.56 Å². The molecule has 2 N–H and O–H groups in total. The number of aromatic nitrogens is 3. The lowest BCUT2D eigenvalue weighted by molar-refractivity contribution is 0.0960. The molecule has 2 heterocycles. The lowest BCUT2D eigenvalue weighted by Gasteiger charge is -2.33. The zero-order valence-electron chi connectivity index (χ0n) is 14.7. The molecule has 1 fully saturated rings. The lowest BCUT2D eigenvalue weighted by atomic mass is 10.1. The molecule has 1 aromatic carbocycles. The minimum Gasteiger partial charge on any atom is -0.445 e. The number of hydrogen-bond donors (Lipinski definition) is 1. The largest absolute Gasteiger partial charge is 0.445 e.